The second-order valence-electron chi connectivity index (χ2n) is 4.32. The number of rotatable bonds is 2. The predicted octanol–water partition coefficient (Wildman–Crippen LogP) is 0.745. The zero-order valence-corrected chi connectivity index (χ0v) is 11.2. The van der Waals surface area contributed by atoms with Crippen LogP contribution < -0.4 is 5.69 Å². The summed E-state index contributed by atoms with van der Waals surface area (Å²) < 4.78 is 2.67. The van der Waals surface area contributed by atoms with Gasteiger partial charge in [-0.15, -0.1) is 0 Å². The minimum absolute atomic E-state index is 0.117. The molecule has 0 aromatic carbocycles. The van der Waals surface area contributed by atoms with Crippen molar-refractivity contribution in [2.45, 2.75) is 19.6 Å². The van der Waals surface area contributed by atoms with Gasteiger partial charge in [0.15, 0.2) is 0 Å². The van der Waals surface area contributed by atoms with Crippen LogP contribution >= 0.6 is 15.9 Å². The molecule has 1 N–H and O–H groups in total. The Morgan fingerprint density at radius 1 is 1.39 bits per heavy atom. The Hall–Kier alpha value is -1.47. The lowest BCUT2D eigenvalue weighted by atomic mass is 10.2. The van der Waals surface area contributed by atoms with Crippen LogP contribution in [0.5, 0.6) is 0 Å². The second kappa shape index (κ2) is 4.66. The smallest absolute Gasteiger partial charge is 0.290 e. The van der Waals surface area contributed by atoms with E-state index in [-0.39, 0.29) is 5.69 Å². The molecular weight excluding hydrogens is 298 g/mol. The van der Waals surface area contributed by atoms with E-state index >= 15 is 0 Å². The summed E-state index contributed by atoms with van der Waals surface area (Å²) in [6.07, 6.45) is 3.63. The molecule has 0 atom stereocenters. The Balaban J connectivity index is 1.75. The van der Waals surface area contributed by atoms with Crippen molar-refractivity contribution in [3.63, 3.8) is 0 Å². The summed E-state index contributed by atoms with van der Waals surface area (Å²) in [7, 11) is 0. The Morgan fingerprint density at radius 2 is 2.28 bits per heavy atom. The summed E-state index contributed by atoms with van der Waals surface area (Å²) in [5.74, 6) is 0.800. The molecule has 0 spiro atoms. The van der Waals surface area contributed by atoms with Crippen molar-refractivity contribution in [3.8, 4) is 0 Å². The second-order valence-corrected chi connectivity index (χ2v) is 5.23. The van der Waals surface area contributed by atoms with Crippen molar-refractivity contribution >= 4 is 15.9 Å². The standard InChI is InChI=1S/C11H12BrN5O/c12-9-3-8(4-13-5-9)6-16-1-2-17-10(7-16)14-15-11(17)18/h3-5H,1-2,6-7H2,(H,15,18). The van der Waals surface area contributed by atoms with Crippen LogP contribution in [0.3, 0.4) is 0 Å². The maximum Gasteiger partial charge on any atom is 0.343 e. The number of hydrogen-bond donors (Lipinski definition) is 1. The summed E-state index contributed by atoms with van der Waals surface area (Å²) in [6.45, 7) is 3.03. The number of nitrogens with zero attached hydrogens (tertiary/aromatic N) is 4. The van der Waals surface area contributed by atoms with Crippen LogP contribution in [-0.4, -0.2) is 31.2 Å². The van der Waals surface area contributed by atoms with Crippen molar-refractivity contribution in [3.05, 3.63) is 44.8 Å². The maximum absolute atomic E-state index is 11.4. The highest BCUT2D eigenvalue weighted by Gasteiger charge is 2.19. The summed E-state index contributed by atoms with van der Waals surface area (Å²) in [6, 6.07) is 2.05. The highest BCUT2D eigenvalue weighted by atomic mass is 79.9. The minimum atomic E-state index is -0.117. The molecule has 0 unspecified atom stereocenters. The van der Waals surface area contributed by atoms with Crippen LogP contribution in [0.2, 0.25) is 0 Å². The number of aromatic amines is 1. The van der Waals surface area contributed by atoms with Gasteiger partial charge in [-0.05, 0) is 27.6 Å². The molecular formula is C11H12BrN5O. The van der Waals surface area contributed by atoms with Crippen molar-refractivity contribution in [2.24, 2.45) is 0 Å². The maximum atomic E-state index is 11.4. The van der Waals surface area contributed by atoms with E-state index in [2.05, 4.69) is 42.1 Å². The number of nitrogens with one attached hydrogen (secondary N) is 1. The summed E-state index contributed by atoms with van der Waals surface area (Å²) in [5.41, 5.74) is 1.03. The molecule has 0 radical (unpaired) electrons. The Bertz CT molecular complexity index is 620. The van der Waals surface area contributed by atoms with Crippen LogP contribution in [0, 0.1) is 0 Å². The molecule has 7 heteroatoms. The lowest BCUT2D eigenvalue weighted by Crippen LogP contribution is -2.36. The number of hydrogen-bond acceptors (Lipinski definition) is 4. The van der Waals surface area contributed by atoms with Crippen LogP contribution in [0.1, 0.15) is 11.4 Å². The van der Waals surface area contributed by atoms with Gasteiger partial charge < -0.3 is 0 Å². The van der Waals surface area contributed by atoms with E-state index in [1.54, 1.807) is 10.8 Å². The first kappa shape index (κ1) is 11.6. The zero-order valence-electron chi connectivity index (χ0n) is 9.64. The predicted molar refractivity (Wildman–Crippen MR) is 68.9 cm³/mol. The Kier molecular flexibility index (Phi) is 3.00. The first-order valence-electron chi connectivity index (χ1n) is 5.68. The molecule has 0 fully saturated rings. The first-order chi connectivity index (χ1) is 8.72. The molecule has 0 bridgehead atoms. The van der Waals surface area contributed by atoms with E-state index < -0.39 is 0 Å². The lowest BCUT2D eigenvalue weighted by Gasteiger charge is -2.26. The average Bonchev–Trinajstić information content (AvgIpc) is 2.71. The molecule has 6 nitrogen and oxygen atoms in total. The number of halogens is 1. The molecule has 0 aliphatic carbocycles. The van der Waals surface area contributed by atoms with Gasteiger partial charge in [0.05, 0.1) is 6.54 Å². The monoisotopic (exact) mass is 309 g/mol. The quantitative estimate of drug-likeness (QED) is 0.889. The fourth-order valence-electron chi connectivity index (χ4n) is 2.16. The van der Waals surface area contributed by atoms with Crippen molar-refractivity contribution in [1.29, 1.82) is 0 Å². The number of H-pyrrole nitrogens is 1. The lowest BCUT2D eigenvalue weighted by molar-refractivity contribution is 0.207. The molecule has 3 rings (SSSR count). The third-order valence-electron chi connectivity index (χ3n) is 3.01. The van der Waals surface area contributed by atoms with Gasteiger partial charge in [-0.3, -0.25) is 14.5 Å². The Morgan fingerprint density at radius 3 is 3.11 bits per heavy atom. The number of fused-ring (bicyclic) bond motifs is 1. The highest BCUT2D eigenvalue weighted by Crippen LogP contribution is 2.14. The van der Waals surface area contributed by atoms with Gasteiger partial charge in [-0.2, -0.15) is 5.10 Å². The zero-order chi connectivity index (χ0) is 12.5. The largest absolute Gasteiger partial charge is 0.343 e. The van der Waals surface area contributed by atoms with E-state index in [1.165, 1.54) is 0 Å². The third kappa shape index (κ3) is 2.23. The van der Waals surface area contributed by atoms with Crippen LogP contribution in [0.15, 0.2) is 27.7 Å². The number of aromatic nitrogens is 4. The highest BCUT2D eigenvalue weighted by molar-refractivity contribution is 9.10. The fourth-order valence-corrected chi connectivity index (χ4v) is 2.57. The normalized spacial score (nSPS) is 15.6. The third-order valence-corrected chi connectivity index (χ3v) is 3.44. The molecule has 18 heavy (non-hydrogen) atoms. The minimum Gasteiger partial charge on any atom is -0.290 e. The van der Waals surface area contributed by atoms with Gasteiger partial charge in [0, 0.05) is 36.5 Å². The van der Waals surface area contributed by atoms with Crippen molar-refractivity contribution in [2.75, 3.05) is 6.54 Å². The average molecular weight is 310 g/mol. The first-order valence-corrected chi connectivity index (χ1v) is 6.47. The molecule has 0 saturated carbocycles. The molecule has 0 saturated heterocycles. The topological polar surface area (TPSA) is 66.8 Å². The molecule has 0 amide bonds. The van der Waals surface area contributed by atoms with E-state index in [9.17, 15) is 4.79 Å². The molecule has 3 heterocycles. The number of pyridine rings is 1. The van der Waals surface area contributed by atoms with Gasteiger partial charge >= 0.3 is 5.69 Å². The molecule has 2 aromatic rings. The summed E-state index contributed by atoms with van der Waals surface area (Å²) >= 11 is 3.41. The van der Waals surface area contributed by atoms with Crippen molar-refractivity contribution < 1.29 is 0 Å². The van der Waals surface area contributed by atoms with Gasteiger partial charge in [-0.1, -0.05) is 0 Å². The summed E-state index contributed by atoms with van der Waals surface area (Å²) in [5, 5.41) is 6.51. The van der Waals surface area contributed by atoms with E-state index in [1.807, 2.05) is 6.20 Å². The van der Waals surface area contributed by atoms with Gasteiger partial charge in [0.2, 0.25) is 0 Å². The molecule has 1 aliphatic heterocycles. The van der Waals surface area contributed by atoms with Gasteiger partial charge in [0.25, 0.3) is 0 Å². The van der Waals surface area contributed by atoms with E-state index in [0.717, 1.165) is 29.0 Å². The van der Waals surface area contributed by atoms with Crippen molar-refractivity contribution in [1.82, 2.24) is 24.6 Å². The van der Waals surface area contributed by atoms with E-state index in [4.69, 9.17) is 0 Å². The van der Waals surface area contributed by atoms with E-state index in [0.29, 0.717) is 13.1 Å². The van der Waals surface area contributed by atoms with Gasteiger partial charge in [0.1, 0.15) is 5.82 Å². The summed E-state index contributed by atoms with van der Waals surface area (Å²) in [4.78, 5) is 17.8. The molecule has 94 valence electrons. The Labute approximate surface area is 112 Å². The van der Waals surface area contributed by atoms with Crippen LogP contribution in [-0.2, 0) is 19.6 Å². The molecule has 1 aliphatic rings. The molecule has 2 aromatic heterocycles. The van der Waals surface area contributed by atoms with Crippen LogP contribution in [0.25, 0.3) is 0 Å². The van der Waals surface area contributed by atoms with Crippen LogP contribution in [0.4, 0.5) is 0 Å². The van der Waals surface area contributed by atoms with Gasteiger partial charge in [-0.25, -0.2) is 9.89 Å². The fraction of sp³-hybridized carbons (Fsp3) is 0.364. The SMILES string of the molecule is O=c1[nH]nc2n1CCN(Cc1cncc(Br)c1)C2.